The average Bonchev–Trinajstić information content (AvgIpc) is 3.11. The first kappa shape index (κ1) is 15.4. The van der Waals surface area contributed by atoms with E-state index in [1.165, 1.54) is 0 Å². The summed E-state index contributed by atoms with van der Waals surface area (Å²) < 4.78 is 5.39. The molecule has 0 unspecified atom stereocenters. The number of hydrogen-bond acceptors (Lipinski definition) is 5. The van der Waals surface area contributed by atoms with Gasteiger partial charge in [0.15, 0.2) is 6.10 Å². The van der Waals surface area contributed by atoms with Crippen LogP contribution in [0.3, 0.4) is 0 Å². The van der Waals surface area contributed by atoms with E-state index in [0.29, 0.717) is 23.3 Å². The molecule has 1 aliphatic heterocycles. The van der Waals surface area contributed by atoms with Gasteiger partial charge in [0.05, 0.1) is 11.3 Å². The van der Waals surface area contributed by atoms with Crippen molar-refractivity contribution in [3.8, 4) is 0 Å². The molecule has 2 heterocycles. The SMILES string of the molecule is CN(C)c1ccc([C@H]2CC(c3cc4ccccc4oc3=O)=NO2)cc1. The lowest BCUT2D eigenvalue weighted by atomic mass is 10.0. The van der Waals surface area contributed by atoms with Crippen LogP contribution in [0.2, 0.25) is 0 Å². The Bertz CT molecular complexity index is 1000. The van der Waals surface area contributed by atoms with Crippen molar-refractivity contribution in [1.29, 1.82) is 0 Å². The van der Waals surface area contributed by atoms with Crippen LogP contribution in [0.1, 0.15) is 23.7 Å². The van der Waals surface area contributed by atoms with Gasteiger partial charge in [-0.25, -0.2) is 4.79 Å². The summed E-state index contributed by atoms with van der Waals surface area (Å²) >= 11 is 0. The molecule has 4 rings (SSSR count). The molecule has 0 fully saturated rings. The molecule has 0 N–H and O–H groups in total. The predicted octanol–water partition coefficient (Wildman–Crippen LogP) is 3.72. The summed E-state index contributed by atoms with van der Waals surface area (Å²) in [5.41, 5.74) is 3.44. The number of para-hydroxylation sites is 1. The molecule has 126 valence electrons. The van der Waals surface area contributed by atoms with E-state index < -0.39 is 0 Å². The molecular weight excluding hydrogens is 316 g/mol. The van der Waals surface area contributed by atoms with Gasteiger partial charge in [-0.3, -0.25) is 0 Å². The number of oxime groups is 1. The second kappa shape index (κ2) is 6.09. The number of anilines is 1. The Balaban J connectivity index is 1.60. The third kappa shape index (κ3) is 2.89. The van der Waals surface area contributed by atoms with E-state index in [9.17, 15) is 4.79 Å². The minimum atomic E-state index is -0.385. The van der Waals surface area contributed by atoms with Gasteiger partial charge in [0.2, 0.25) is 0 Å². The maximum atomic E-state index is 12.3. The molecule has 0 saturated heterocycles. The van der Waals surface area contributed by atoms with Gasteiger partial charge < -0.3 is 14.2 Å². The third-order valence-electron chi connectivity index (χ3n) is 4.40. The summed E-state index contributed by atoms with van der Waals surface area (Å²) in [6.07, 6.45) is 0.363. The monoisotopic (exact) mass is 334 g/mol. The Morgan fingerprint density at radius 2 is 1.84 bits per heavy atom. The Morgan fingerprint density at radius 3 is 2.60 bits per heavy atom. The average molecular weight is 334 g/mol. The third-order valence-corrected chi connectivity index (χ3v) is 4.40. The fourth-order valence-corrected chi connectivity index (χ4v) is 2.97. The van der Waals surface area contributed by atoms with Gasteiger partial charge in [0, 0.05) is 31.6 Å². The Morgan fingerprint density at radius 1 is 1.08 bits per heavy atom. The molecule has 5 nitrogen and oxygen atoms in total. The minimum absolute atomic E-state index is 0.183. The Kier molecular flexibility index (Phi) is 3.76. The van der Waals surface area contributed by atoms with Crippen molar-refractivity contribution in [3.63, 3.8) is 0 Å². The molecule has 2 aromatic carbocycles. The number of hydrogen-bond donors (Lipinski definition) is 0. The molecule has 1 aromatic heterocycles. The summed E-state index contributed by atoms with van der Waals surface area (Å²) in [5.74, 6) is 0. The maximum absolute atomic E-state index is 12.3. The van der Waals surface area contributed by atoms with Crippen molar-refractivity contribution in [2.75, 3.05) is 19.0 Å². The number of rotatable bonds is 3. The molecule has 0 aliphatic carbocycles. The van der Waals surface area contributed by atoms with E-state index in [0.717, 1.165) is 16.6 Å². The molecule has 1 atom stereocenters. The summed E-state index contributed by atoms with van der Waals surface area (Å²) in [4.78, 5) is 19.9. The zero-order chi connectivity index (χ0) is 17.4. The molecule has 5 heteroatoms. The molecular formula is C20H18N2O3. The number of benzene rings is 2. The van der Waals surface area contributed by atoms with Crippen molar-refractivity contribution in [1.82, 2.24) is 0 Å². The fourth-order valence-electron chi connectivity index (χ4n) is 2.97. The van der Waals surface area contributed by atoms with E-state index in [2.05, 4.69) is 5.16 Å². The molecule has 1 aliphatic rings. The quantitative estimate of drug-likeness (QED) is 0.685. The summed E-state index contributed by atoms with van der Waals surface area (Å²) in [6.45, 7) is 0. The van der Waals surface area contributed by atoms with Crippen molar-refractivity contribution >= 4 is 22.4 Å². The fraction of sp³-hybridized carbons (Fsp3) is 0.200. The highest BCUT2D eigenvalue weighted by molar-refractivity contribution is 6.02. The largest absolute Gasteiger partial charge is 0.422 e. The van der Waals surface area contributed by atoms with Crippen LogP contribution < -0.4 is 10.5 Å². The van der Waals surface area contributed by atoms with E-state index in [1.807, 2.05) is 67.5 Å². The normalized spacial score (nSPS) is 16.6. The first-order valence-electron chi connectivity index (χ1n) is 8.15. The summed E-state index contributed by atoms with van der Waals surface area (Å²) in [6, 6.07) is 17.4. The molecule has 0 spiro atoms. The molecule has 0 amide bonds. The molecule has 0 radical (unpaired) electrons. The van der Waals surface area contributed by atoms with E-state index in [-0.39, 0.29) is 11.7 Å². The smallest absolute Gasteiger partial charge is 0.345 e. The second-order valence-electron chi connectivity index (χ2n) is 6.31. The van der Waals surface area contributed by atoms with Gasteiger partial charge in [0.25, 0.3) is 0 Å². The lowest BCUT2D eigenvalue weighted by molar-refractivity contribution is 0.0857. The molecule has 0 saturated carbocycles. The van der Waals surface area contributed by atoms with Gasteiger partial charge in [-0.05, 0) is 29.8 Å². The van der Waals surface area contributed by atoms with Gasteiger partial charge in [0.1, 0.15) is 5.58 Å². The molecule has 25 heavy (non-hydrogen) atoms. The van der Waals surface area contributed by atoms with Gasteiger partial charge in [-0.15, -0.1) is 0 Å². The van der Waals surface area contributed by atoms with Crippen LogP contribution in [0.5, 0.6) is 0 Å². The lowest BCUT2D eigenvalue weighted by Crippen LogP contribution is -2.14. The topological polar surface area (TPSA) is 55.0 Å². The van der Waals surface area contributed by atoms with Crippen LogP contribution >= 0.6 is 0 Å². The van der Waals surface area contributed by atoms with E-state index in [4.69, 9.17) is 9.25 Å². The van der Waals surface area contributed by atoms with Crippen LogP contribution in [-0.4, -0.2) is 19.8 Å². The van der Waals surface area contributed by atoms with Crippen molar-refractivity contribution in [2.24, 2.45) is 5.16 Å². The highest BCUT2D eigenvalue weighted by Crippen LogP contribution is 2.30. The highest BCUT2D eigenvalue weighted by atomic mass is 16.6. The van der Waals surface area contributed by atoms with Crippen molar-refractivity contribution in [2.45, 2.75) is 12.5 Å². The van der Waals surface area contributed by atoms with Crippen LogP contribution in [0.25, 0.3) is 11.0 Å². The van der Waals surface area contributed by atoms with Gasteiger partial charge in [-0.1, -0.05) is 35.5 Å². The highest BCUT2D eigenvalue weighted by Gasteiger charge is 2.26. The first-order chi connectivity index (χ1) is 12.1. The second-order valence-corrected chi connectivity index (χ2v) is 6.31. The summed E-state index contributed by atoms with van der Waals surface area (Å²) in [7, 11) is 4.00. The first-order valence-corrected chi connectivity index (χ1v) is 8.15. The lowest BCUT2D eigenvalue weighted by Gasteiger charge is -2.14. The van der Waals surface area contributed by atoms with Crippen LogP contribution in [0, 0.1) is 0 Å². The zero-order valence-electron chi connectivity index (χ0n) is 14.1. The number of fused-ring (bicyclic) bond motifs is 1. The Hall–Kier alpha value is -3.08. The van der Waals surface area contributed by atoms with Crippen LogP contribution in [0.15, 0.2) is 69.0 Å². The molecule has 3 aromatic rings. The predicted molar refractivity (Wildman–Crippen MR) is 98.2 cm³/mol. The molecule has 0 bridgehead atoms. The van der Waals surface area contributed by atoms with Crippen molar-refractivity contribution < 1.29 is 9.25 Å². The number of nitrogens with zero attached hydrogens (tertiary/aromatic N) is 2. The maximum Gasteiger partial charge on any atom is 0.345 e. The van der Waals surface area contributed by atoms with Crippen LogP contribution in [0.4, 0.5) is 5.69 Å². The van der Waals surface area contributed by atoms with Gasteiger partial charge >= 0.3 is 5.63 Å². The van der Waals surface area contributed by atoms with Gasteiger partial charge in [-0.2, -0.15) is 0 Å². The minimum Gasteiger partial charge on any atom is -0.422 e. The van der Waals surface area contributed by atoms with Crippen LogP contribution in [-0.2, 0) is 4.84 Å². The summed E-state index contributed by atoms with van der Waals surface area (Å²) in [5, 5.41) is 5.01. The van der Waals surface area contributed by atoms with Crippen molar-refractivity contribution in [3.05, 3.63) is 76.1 Å². The zero-order valence-corrected chi connectivity index (χ0v) is 14.1. The Labute approximate surface area is 145 Å². The van der Waals surface area contributed by atoms with E-state index >= 15 is 0 Å². The van der Waals surface area contributed by atoms with E-state index in [1.54, 1.807) is 6.07 Å². The standard InChI is InChI=1S/C20H18N2O3/c1-22(2)15-9-7-13(8-10-15)19-12-17(21-25-19)16-11-14-5-3-4-6-18(14)24-20(16)23/h3-11,19H,12H2,1-2H3/t19-/m1/s1.